The van der Waals surface area contributed by atoms with Crippen molar-refractivity contribution in [2.24, 2.45) is 11.8 Å². The fourth-order valence-corrected chi connectivity index (χ4v) is 3.87. The normalized spacial score (nSPS) is 13.4. The maximum absolute atomic E-state index is 13.2. The molecular formula is C29H39N3O5. The summed E-state index contributed by atoms with van der Waals surface area (Å²) < 4.78 is 5.28. The molecule has 0 radical (unpaired) electrons. The second-order valence-corrected chi connectivity index (χ2v) is 10.0. The van der Waals surface area contributed by atoms with Crippen molar-refractivity contribution < 1.29 is 23.9 Å². The third-order valence-electron chi connectivity index (χ3n) is 5.66. The van der Waals surface area contributed by atoms with Gasteiger partial charge >= 0.3 is 6.09 Å². The fourth-order valence-electron chi connectivity index (χ4n) is 3.87. The SMILES string of the molecule is CC(C)C[C@H](NC(=O)OCc1ccccc1)C(=O)N[C@@H](CC(C)C)C(=O)N[C@@H](C=O)Cc1ccccc1. The van der Waals surface area contributed by atoms with E-state index in [1.807, 2.05) is 88.4 Å². The lowest BCUT2D eigenvalue weighted by Crippen LogP contribution is -2.55. The van der Waals surface area contributed by atoms with E-state index in [9.17, 15) is 19.2 Å². The van der Waals surface area contributed by atoms with E-state index < -0.39 is 36.0 Å². The zero-order chi connectivity index (χ0) is 27.2. The van der Waals surface area contributed by atoms with Crippen molar-refractivity contribution in [3.8, 4) is 0 Å². The van der Waals surface area contributed by atoms with Crippen LogP contribution in [-0.2, 0) is 32.1 Å². The van der Waals surface area contributed by atoms with Crippen molar-refractivity contribution >= 4 is 24.2 Å². The highest BCUT2D eigenvalue weighted by atomic mass is 16.5. The van der Waals surface area contributed by atoms with Gasteiger partial charge in [-0.1, -0.05) is 88.4 Å². The Morgan fingerprint density at radius 3 is 1.73 bits per heavy atom. The second kappa shape index (κ2) is 15.4. The van der Waals surface area contributed by atoms with Gasteiger partial charge in [0.05, 0.1) is 6.04 Å². The summed E-state index contributed by atoms with van der Waals surface area (Å²) in [7, 11) is 0. The van der Waals surface area contributed by atoms with Crippen molar-refractivity contribution in [1.29, 1.82) is 0 Å². The minimum absolute atomic E-state index is 0.0789. The lowest BCUT2D eigenvalue weighted by atomic mass is 9.99. The van der Waals surface area contributed by atoms with Crippen molar-refractivity contribution in [3.05, 3.63) is 71.8 Å². The average Bonchev–Trinajstić information content (AvgIpc) is 2.86. The van der Waals surface area contributed by atoms with Crippen LogP contribution >= 0.6 is 0 Å². The molecule has 37 heavy (non-hydrogen) atoms. The van der Waals surface area contributed by atoms with E-state index >= 15 is 0 Å². The number of ether oxygens (including phenoxy) is 1. The van der Waals surface area contributed by atoms with Gasteiger partial charge in [-0.3, -0.25) is 9.59 Å². The van der Waals surface area contributed by atoms with Crippen LogP contribution in [0, 0.1) is 11.8 Å². The maximum atomic E-state index is 13.2. The van der Waals surface area contributed by atoms with Crippen LogP contribution in [0.3, 0.4) is 0 Å². The van der Waals surface area contributed by atoms with Crippen LogP contribution < -0.4 is 16.0 Å². The zero-order valence-electron chi connectivity index (χ0n) is 22.1. The number of hydrogen-bond donors (Lipinski definition) is 3. The molecule has 0 saturated heterocycles. The first-order chi connectivity index (χ1) is 17.7. The molecule has 0 aliphatic carbocycles. The largest absolute Gasteiger partial charge is 0.445 e. The van der Waals surface area contributed by atoms with Crippen molar-refractivity contribution in [3.63, 3.8) is 0 Å². The third-order valence-corrected chi connectivity index (χ3v) is 5.66. The quantitative estimate of drug-likeness (QED) is 0.336. The molecule has 0 fully saturated rings. The van der Waals surface area contributed by atoms with Gasteiger partial charge in [0, 0.05) is 0 Å². The van der Waals surface area contributed by atoms with E-state index in [0.717, 1.165) is 11.1 Å². The summed E-state index contributed by atoms with van der Waals surface area (Å²) in [5.74, 6) is -0.707. The van der Waals surface area contributed by atoms with E-state index in [-0.39, 0.29) is 18.4 Å². The summed E-state index contributed by atoms with van der Waals surface area (Å²) in [4.78, 5) is 50.4. The number of carbonyl (C=O) groups excluding carboxylic acids is 4. The molecule has 3 amide bonds. The number of carbonyl (C=O) groups is 4. The first kappa shape index (κ1) is 29.5. The van der Waals surface area contributed by atoms with Crippen LogP contribution in [0.15, 0.2) is 60.7 Å². The predicted octanol–water partition coefficient (Wildman–Crippen LogP) is 3.78. The standard InChI is InChI=1S/C29H39N3O5/c1-20(2)15-25(27(34)30-24(18-33)17-22-11-7-5-8-12-22)31-28(35)26(16-21(3)4)32-29(36)37-19-23-13-9-6-10-14-23/h5-14,18,20-21,24-26H,15-17,19H2,1-4H3,(H,30,34)(H,31,35)(H,32,36)/t24-,25+,26+/m1/s1. The van der Waals surface area contributed by atoms with Gasteiger partial charge in [-0.05, 0) is 42.2 Å². The molecule has 2 rings (SSSR count). The highest BCUT2D eigenvalue weighted by Crippen LogP contribution is 2.11. The molecule has 0 bridgehead atoms. The maximum Gasteiger partial charge on any atom is 0.408 e. The highest BCUT2D eigenvalue weighted by Gasteiger charge is 2.29. The summed E-state index contributed by atoms with van der Waals surface area (Å²) in [5.41, 5.74) is 1.75. The lowest BCUT2D eigenvalue weighted by Gasteiger charge is -2.26. The van der Waals surface area contributed by atoms with Crippen LogP contribution in [0.1, 0.15) is 51.7 Å². The van der Waals surface area contributed by atoms with E-state index in [1.165, 1.54) is 0 Å². The first-order valence-electron chi connectivity index (χ1n) is 12.7. The Balaban J connectivity index is 2.04. The van der Waals surface area contributed by atoms with E-state index in [2.05, 4.69) is 16.0 Å². The number of amides is 3. The Labute approximate surface area is 219 Å². The molecule has 8 heteroatoms. The molecule has 0 saturated carbocycles. The van der Waals surface area contributed by atoms with Gasteiger partial charge in [0.15, 0.2) is 0 Å². The molecule has 0 aromatic heterocycles. The van der Waals surface area contributed by atoms with Crippen LogP contribution in [0.5, 0.6) is 0 Å². The predicted molar refractivity (Wildman–Crippen MR) is 143 cm³/mol. The minimum atomic E-state index is -0.878. The monoisotopic (exact) mass is 509 g/mol. The number of nitrogens with one attached hydrogen (secondary N) is 3. The molecule has 0 unspecified atom stereocenters. The Hall–Kier alpha value is -3.68. The summed E-state index contributed by atoms with van der Waals surface area (Å²) in [5, 5.41) is 8.18. The van der Waals surface area contributed by atoms with Crippen LogP contribution in [0.25, 0.3) is 0 Å². The number of rotatable bonds is 14. The van der Waals surface area contributed by atoms with Gasteiger partial charge in [0.1, 0.15) is 25.0 Å². The molecule has 3 N–H and O–H groups in total. The fraction of sp³-hybridized carbons (Fsp3) is 0.448. The molecule has 0 aliphatic rings. The Morgan fingerprint density at radius 1 is 0.730 bits per heavy atom. The molecule has 8 nitrogen and oxygen atoms in total. The Morgan fingerprint density at radius 2 is 1.22 bits per heavy atom. The summed E-state index contributed by atoms with van der Waals surface area (Å²) in [6, 6.07) is 16.2. The molecule has 0 spiro atoms. The highest BCUT2D eigenvalue weighted by molar-refractivity contribution is 5.92. The van der Waals surface area contributed by atoms with E-state index in [0.29, 0.717) is 25.5 Å². The summed E-state index contributed by atoms with van der Waals surface area (Å²) >= 11 is 0. The summed E-state index contributed by atoms with van der Waals surface area (Å²) in [6.45, 7) is 7.84. The van der Waals surface area contributed by atoms with Gasteiger partial charge < -0.3 is 25.5 Å². The topological polar surface area (TPSA) is 114 Å². The van der Waals surface area contributed by atoms with Gasteiger partial charge in [0.2, 0.25) is 11.8 Å². The zero-order valence-corrected chi connectivity index (χ0v) is 22.1. The van der Waals surface area contributed by atoms with E-state index in [4.69, 9.17) is 4.74 Å². The third kappa shape index (κ3) is 11.3. The molecule has 2 aromatic carbocycles. The van der Waals surface area contributed by atoms with Crippen LogP contribution in [0.2, 0.25) is 0 Å². The Kier molecular flexibility index (Phi) is 12.3. The minimum Gasteiger partial charge on any atom is -0.445 e. The number of benzene rings is 2. The molecular weight excluding hydrogens is 470 g/mol. The Bertz CT molecular complexity index is 995. The second-order valence-electron chi connectivity index (χ2n) is 10.0. The van der Waals surface area contributed by atoms with Gasteiger partial charge in [0.25, 0.3) is 0 Å². The number of alkyl carbamates (subject to hydrolysis) is 1. The molecule has 0 aliphatic heterocycles. The van der Waals surface area contributed by atoms with Gasteiger partial charge in [-0.2, -0.15) is 0 Å². The van der Waals surface area contributed by atoms with Crippen molar-refractivity contribution in [2.45, 2.75) is 71.7 Å². The number of hydrogen-bond acceptors (Lipinski definition) is 5. The summed E-state index contributed by atoms with van der Waals surface area (Å²) in [6.07, 6.45) is 1.08. The molecule has 0 heterocycles. The number of aldehydes is 1. The first-order valence-corrected chi connectivity index (χ1v) is 12.7. The average molecular weight is 510 g/mol. The van der Waals surface area contributed by atoms with Crippen LogP contribution in [0.4, 0.5) is 4.79 Å². The molecule has 200 valence electrons. The van der Waals surface area contributed by atoms with Gasteiger partial charge in [-0.25, -0.2) is 4.79 Å². The van der Waals surface area contributed by atoms with Crippen LogP contribution in [-0.4, -0.2) is 42.3 Å². The lowest BCUT2D eigenvalue weighted by molar-refractivity contribution is -0.131. The molecule has 3 atom stereocenters. The van der Waals surface area contributed by atoms with Crippen molar-refractivity contribution in [2.75, 3.05) is 0 Å². The van der Waals surface area contributed by atoms with Gasteiger partial charge in [-0.15, -0.1) is 0 Å². The van der Waals surface area contributed by atoms with Crippen molar-refractivity contribution in [1.82, 2.24) is 16.0 Å². The van der Waals surface area contributed by atoms with E-state index in [1.54, 1.807) is 0 Å². The molecule has 2 aromatic rings. The smallest absolute Gasteiger partial charge is 0.408 e.